The van der Waals surface area contributed by atoms with Gasteiger partial charge in [-0.2, -0.15) is 4.98 Å². The number of fused-ring (bicyclic) bond motifs is 1. The summed E-state index contributed by atoms with van der Waals surface area (Å²) < 4.78 is 19.8. The molecular formula is C17H16FN5O3. The summed E-state index contributed by atoms with van der Waals surface area (Å²) >= 11 is 0. The molecule has 1 N–H and O–H groups in total. The van der Waals surface area contributed by atoms with Gasteiger partial charge < -0.3 is 10.1 Å². The third kappa shape index (κ3) is 3.82. The van der Waals surface area contributed by atoms with Crippen molar-refractivity contribution in [1.82, 2.24) is 24.9 Å². The van der Waals surface area contributed by atoms with Gasteiger partial charge in [-0.15, -0.1) is 5.10 Å². The van der Waals surface area contributed by atoms with Crippen LogP contribution in [-0.4, -0.2) is 38.1 Å². The van der Waals surface area contributed by atoms with Crippen molar-refractivity contribution in [2.75, 3.05) is 6.61 Å². The molecule has 134 valence electrons. The van der Waals surface area contributed by atoms with E-state index in [-0.39, 0.29) is 18.1 Å². The van der Waals surface area contributed by atoms with Crippen LogP contribution in [0.5, 0.6) is 0 Å². The Balaban J connectivity index is 1.57. The van der Waals surface area contributed by atoms with Crippen LogP contribution in [0.1, 0.15) is 27.6 Å². The fourth-order valence-corrected chi connectivity index (χ4v) is 2.34. The fraction of sp³-hybridized carbons (Fsp3) is 0.235. The molecule has 0 aliphatic carbocycles. The Morgan fingerprint density at radius 3 is 2.77 bits per heavy atom. The number of ether oxygens (including phenoxy) is 1. The number of benzene rings is 1. The van der Waals surface area contributed by atoms with Gasteiger partial charge in [0.05, 0.1) is 0 Å². The highest BCUT2D eigenvalue weighted by molar-refractivity contribution is 5.88. The topological polar surface area (TPSA) is 98.5 Å². The number of aryl methyl sites for hydroxylation is 2. The standard InChI is InChI=1S/C17H16FN5O3/c1-10-7-11(2)23-17(20-10)21-15(22-23)16(25)26-9-14(24)19-8-12-5-3-4-6-13(12)18/h3-7H,8-9H2,1-2H3,(H,19,24). The first-order valence-electron chi connectivity index (χ1n) is 7.82. The van der Waals surface area contributed by atoms with Gasteiger partial charge in [-0.05, 0) is 26.0 Å². The second-order valence-corrected chi connectivity index (χ2v) is 5.63. The molecule has 0 spiro atoms. The summed E-state index contributed by atoms with van der Waals surface area (Å²) in [6.07, 6.45) is 0. The number of esters is 1. The molecule has 0 fully saturated rings. The maximum absolute atomic E-state index is 13.5. The van der Waals surface area contributed by atoms with E-state index in [1.807, 2.05) is 6.92 Å². The second kappa shape index (κ2) is 7.26. The van der Waals surface area contributed by atoms with Gasteiger partial charge in [-0.25, -0.2) is 18.7 Å². The monoisotopic (exact) mass is 357 g/mol. The zero-order valence-corrected chi connectivity index (χ0v) is 14.2. The van der Waals surface area contributed by atoms with E-state index in [9.17, 15) is 14.0 Å². The lowest BCUT2D eigenvalue weighted by atomic mass is 10.2. The molecule has 1 aromatic carbocycles. The molecule has 0 aliphatic rings. The Bertz CT molecular complexity index is 986. The predicted octanol–water partition coefficient (Wildman–Crippen LogP) is 1.35. The van der Waals surface area contributed by atoms with Crippen molar-refractivity contribution in [3.8, 4) is 0 Å². The molecule has 0 bridgehead atoms. The summed E-state index contributed by atoms with van der Waals surface area (Å²) in [4.78, 5) is 32.0. The first-order valence-corrected chi connectivity index (χ1v) is 7.82. The smallest absolute Gasteiger partial charge is 0.378 e. The van der Waals surface area contributed by atoms with Crippen molar-refractivity contribution in [1.29, 1.82) is 0 Å². The van der Waals surface area contributed by atoms with Crippen LogP contribution in [0, 0.1) is 19.7 Å². The summed E-state index contributed by atoms with van der Waals surface area (Å²) in [5, 5.41) is 6.50. The third-order valence-electron chi connectivity index (χ3n) is 3.57. The Morgan fingerprint density at radius 1 is 1.23 bits per heavy atom. The molecule has 0 atom stereocenters. The first kappa shape index (κ1) is 17.5. The molecule has 2 heterocycles. The molecule has 2 aromatic heterocycles. The van der Waals surface area contributed by atoms with Crippen LogP contribution in [0.25, 0.3) is 5.78 Å². The summed E-state index contributed by atoms with van der Waals surface area (Å²) in [5.41, 5.74) is 1.85. The molecule has 0 aliphatic heterocycles. The van der Waals surface area contributed by atoms with Crippen LogP contribution in [0.4, 0.5) is 4.39 Å². The highest BCUT2D eigenvalue weighted by atomic mass is 19.1. The lowest BCUT2D eigenvalue weighted by molar-refractivity contribution is -0.124. The van der Waals surface area contributed by atoms with Crippen molar-refractivity contribution in [2.45, 2.75) is 20.4 Å². The molecule has 1 amide bonds. The second-order valence-electron chi connectivity index (χ2n) is 5.63. The van der Waals surface area contributed by atoms with Crippen LogP contribution in [0.3, 0.4) is 0 Å². The van der Waals surface area contributed by atoms with Gasteiger partial charge in [0.2, 0.25) is 0 Å². The van der Waals surface area contributed by atoms with Gasteiger partial charge in [-0.3, -0.25) is 4.79 Å². The number of halogens is 1. The minimum atomic E-state index is -0.839. The first-order chi connectivity index (χ1) is 12.4. The highest BCUT2D eigenvalue weighted by Gasteiger charge is 2.17. The minimum absolute atomic E-state index is 0.00192. The highest BCUT2D eigenvalue weighted by Crippen LogP contribution is 2.07. The number of rotatable bonds is 5. The Hall–Kier alpha value is -3.36. The van der Waals surface area contributed by atoms with E-state index < -0.39 is 24.3 Å². The van der Waals surface area contributed by atoms with E-state index in [1.54, 1.807) is 31.2 Å². The Kier molecular flexibility index (Phi) is 4.87. The van der Waals surface area contributed by atoms with E-state index in [2.05, 4.69) is 20.4 Å². The molecule has 0 unspecified atom stereocenters. The molecule has 0 radical (unpaired) electrons. The Morgan fingerprint density at radius 2 is 2.00 bits per heavy atom. The molecule has 0 saturated heterocycles. The summed E-state index contributed by atoms with van der Waals surface area (Å²) in [5.74, 6) is -1.73. The normalized spacial score (nSPS) is 10.7. The third-order valence-corrected chi connectivity index (χ3v) is 3.57. The number of hydrogen-bond acceptors (Lipinski definition) is 6. The minimum Gasteiger partial charge on any atom is -0.450 e. The van der Waals surface area contributed by atoms with E-state index in [0.717, 1.165) is 11.4 Å². The molecule has 3 aromatic rings. The largest absolute Gasteiger partial charge is 0.450 e. The van der Waals surface area contributed by atoms with Gasteiger partial charge in [0, 0.05) is 23.5 Å². The lowest BCUT2D eigenvalue weighted by Crippen LogP contribution is -2.28. The average Bonchev–Trinajstić information content (AvgIpc) is 3.03. The average molecular weight is 357 g/mol. The maximum atomic E-state index is 13.5. The van der Waals surface area contributed by atoms with Crippen LogP contribution in [0.15, 0.2) is 30.3 Å². The number of carbonyl (C=O) groups excluding carboxylic acids is 2. The number of hydrogen-bond donors (Lipinski definition) is 1. The Labute approximate surface area is 148 Å². The SMILES string of the molecule is Cc1cc(C)n2nc(C(=O)OCC(=O)NCc3ccccc3F)nc2n1. The number of nitrogens with zero attached hydrogens (tertiary/aromatic N) is 4. The van der Waals surface area contributed by atoms with Gasteiger partial charge >= 0.3 is 5.97 Å². The van der Waals surface area contributed by atoms with Gasteiger partial charge in [0.1, 0.15) is 5.82 Å². The summed E-state index contributed by atoms with van der Waals surface area (Å²) in [6.45, 7) is 3.09. The van der Waals surface area contributed by atoms with E-state index in [4.69, 9.17) is 4.74 Å². The van der Waals surface area contributed by atoms with E-state index >= 15 is 0 Å². The van der Waals surface area contributed by atoms with Crippen molar-refractivity contribution < 1.29 is 18.7 Å². The quantitative estimate of drug-likeness (QED) is 0.692. The van der Waals surface area contributed by atoms with Crippen LogP contribution in [-0.2, 0) is 16.1 Å². The van der Waals surface area contributed by atoms with Crippen molar-refractivity contribution in [3.63, 3.8) is 0 Å². The number of nitrogens with one attached hydrogen (secondary N) is 1. The number of amides is 1. The molecule has 9 heteroatoms. The molecule has 3 rings (SSSR count). The van der Waals surface area contributed by atoms with Gasteiger partial charge in [0.25, 0.3) is 17.5 Å². The number of carbonyl (C=O) groups is 2. The van der Waals surface area contributed by atoms with Crippen molar-refractivity contribution in [2.24, 2.45) is 0 Å². The predicted molar refractivity (Wildman–Crippen MR) is 88.8 cm³/mol. The number of aromatic nitrogens is 4. The van der Waals surface area contributed by atoms with Crippen LogP contribution in [0.2, 0.25) is 0 Å². The lowest BCUT2D eigenvalue weighted by Gasteiger charge is -2.06. The van der Waals surface area contributed by atoms with Gasteiger partial charge in [-0.1, -0.05) is 18.2 Å². The van der Waals surface area contributed by atoms with Crippen molar-refractivity contribution in [3.05, 3.63) is 58.9 Å². The zero-order valence-electron chi connectivity index (χ0n) is 14.2. The maximum Gasteiger partial charge on any atom is 0.378 e. The van der Waals surface area contributed by atoms with Crippen LogP contribution < -0.4 is 5.32 Å². The molecule has 0 saturated carbocycles. The zero-order chi connectivity index (χ0) is 18.7. The molecule has 8 nitrogen and oxygen atoms in total. The van der Waals surface area contributed by atoms with E-state index in [1.165, 1.54) is 10.6 Å². The fourth-order valence-electron chi connectivity index (χ4n) is 2.34. The molecule has 26 heavy (non-hydrogen) atoms. The van der Waals surface area contributed by atoms with Crippen LogP contribution >= 0.6 is 0 Å². The summed E-state index contributed by atoms with van der Waals surface area (Å²) in [7, 11) is 0. The molecular weight excluding hydrogens is 341 g/mol. The van der Waals surface area contributed by atoms with Crippen molar-refractivity contribution >= 4 is 17.7 Å². The van der Waals surface area contributed by atoms with Gasteiger partial charge in [0.15, 0.2) is 6.61 Å². The summed E-state index contributed by atoms with van der Waals surface area (Å²) in [6, 6.07) is 7.88. The van der Waals surface area contributed by atoms with E-state index in [0.29, 0.717) is 5.56 Å².